The van der Waals surface area contributed by atoms with Gasteiger partial charge in [-0.3, -0.25) is 4.79 Å². The average Bonchev–Trinajstić information content (AvgIpc) is 3.22. The first-order chi connectivity index (χ1) is 10.8. The number of carbonyl (C=O) groups is 1. The number of fused-ring (bicyclic) bond motifs is 2. The first-order valence-electron chi connectivity index (χ1n) is 6.93. The van der Waals surface area contributed by atoms with E-state index in [2.05, 4.69) is 15.4 Å². The zero-order valence-corrected chi connectivity index (χ0v) is 12.5. The minimum Gasteiger partial charge on any atom is -0.348 e. The summed E-state index contributed by atoms with van der Waals surface area (Å²) in [6, 6.07) is 9.70. The van der Waals surface area contributed by atoms with Gasteiger partial charge >= 0.3 is 0 Å². The SMILES string of the molecule is O=C(NCCn1ccn2nccc12)c1nc2ccccc2s1. The highest BCUT2D eigenvalue weighted by Gasteiger charge is 2.11. The molecule has 0 spiro atoms. The Hall–Kier alpha value is -2.67. The number of carbonyl (C=O) groups excluding carboxylic acids is 1. The van der Waals surface area contributed by atoms with Crippen LogP contribution in [0.4, 0.5) is 0 Å². The lowest BCUT2D eigenvalue weighted by atomic mass is 10.3. The first kappa shape index (κ1) is 13.0. The number of para-hydroxylation sites is 1. The summed E-state index contributed by atoms with van der Waals surface area (Å²) < 4.78 is 4.88. The molecule has 0 unspecified atom stereocenters. The largest absolute Gasteiger partial charge is 0.348 e. The molecule has 0 radical (unpaired) electrons. The van der Waals surface area contributed by atoms with Crippen LogP contribution in [-0.2, 0) is 6.54 Å². The van der Waals surface area contributed by atoms with Crippen molar-refractivity contribution in [2.75, 3.05) is 6.54 Å². The predicted octanol–water partition coefficient (Wildman–Crippen LogP) is 2.18. The second-order valence-electron chi connectivity index (χ2n) is 4.87. The maximum absolute atomic E-state index is 12.2. The molecule has 1 amide bonds. The fraction of sp³-hybridized carbons (Fsp3) is 0.133. The highest BCUT2D eigenvalue weighted by molar-refractivity contribution is 7.20. The van der Waals surface area contributed by atoms with E-state index in [9.17, 15) is 4.79 Å². The molecule has 3 aromatic heterocycles. The summed E-state index contributed by atoms with van der Waals surface area (Å²) in [5.41, 5.74) is 1.87. The molecule has 0 bridgehead atoms. The van der Waals surface area contributed by atoms with Gasteiger partial charge in [-0.1, -0.05) is 12.1 Å². The topological polar surface area (TPSA) is 64.2 Å². The van der Waals surface area contributed by atoms with Crippen LogP contribution in [0.25, 0.3) is 15.9 Å². The molecule has 1 aromatic carbocycles. The summed E-state index contributed by atoms with van der Waals surface area (Å²) in [6.07, 6.45) is 5.60. The Morgan fingerprint density at radius 2 is 2.14 bits per heavy atom. The Balaban J connectivity index is 1.43. The molecule has 0 atom stereocenters. The molecule has 4 rings (SSSR count). The standard InChI is InChI=1S/C15H13N5OS/c21-14(15-18-11-3-1-2-4-12(11)22-15)16-7-8-19-9-10-20-13(19)5-6-17-20/h1-6,9-10H,7-8H2,(H,16,21). The van der Waals surface area contributed by atoms with Crippen molar-refractivity contribution in [1.82, 2.24) is 24.5 Å². The molecule has 110 valence electrons. The van der Waals surface area contributed by atoms with Crippen molar-refractivity contribution < 1.29 is 4.79 Å². The highest BCUT2D eigenvalue weighted by Crippen LogP contribution is 2.21. The van der Waals surface area contributed by atoms with Crippen molar-refractivity contribution in [3.05, 3.63) is 53.9 Å². The van der Waals surface area contributed by atoms with Crippen molar-refractivity contribution in [3.8, 4) is 0 Å². The van der Waals surface area contributed by atoms with Crippen LogP contribution in [0, 0.1) is 0 Å². The molecule has 1 N–H and O–H groups in total. The molecule has 0 saturated heterocycles. The van der Waals surface area contributed by atoms with E-state index in [1.165, 1.54) is 11.3 Å². The number of nitrogens with one attached hydrogen (secondary N) is 1. The lowest BCUT2D eigenvalue weighted by Gasteiger charge is -2.04. The second-order valence-corrected chi connectivity index (χ2v) is 5.90. The number of nitrogens with zero attached hydrogens (tertiary/aromatic N) is 4. The van der Waals surface area contributed by atoms with E-state index in [-0.39, 0.29) is 5.91 Å². The predicted molar refractivity (Wildman–Crippen MR) is 85.1 cm³/mol. The molecule has 0 fully saturated rings. The minimum atomic E-state index is -0.127. The summed E-state index contributed by atoms with van der Waals surface area (Å²) in [4.78, 5) is 16.5. The third-order valence-corrected chi connectivity index (χ3v) is 4.49. The molecule has 0 aliphatic heterocycles. The summed E-state index contributed by atoms with van der Waals surface area (Å²) >= 11 is 1.41. The van der Waals surface area contributed by atoms with Crippen LogP contribution < -0.4 is 5.32 Å². The number of imidazole rings is 1. The van der Waals surface area contributed by atoms with Gasteiger partial charge in [-0.15, -0.1) is 11.3 Å². The van der Waals surface area contributed by atoms with Gasteiger partial charge in [0.1, 0.15) is 5.65 Å². The van der Waals surface area contributed by atoms with Gasteiger partial charge in [0.15, 0.2) is 5.01 Å². The highest BCUT2D eigenvalue weighted by atomic mass is 32.1. The van der Waals surface area contributed by atoms with E-state index in [4.69, 9.17) is 0 Å². The van der Waals surface area contributed by atoms with Gasteiger partial charge in [-0.25, -0.2) is 9.50 Å². The summed E-state index contributed by atoms with van der Waals surface area (Å²) in [7, 11) is 0. The molecule has 0 saturated carbocycles. The van der Waals surface area contributed by atoms with Gasteiger partial charge in [-0.05, 0) is 12.1 Å². The van der Waals surface area contributed by atoms with Crippen LogP contribution in [0.15, 0.2) is 48.9 Å². The number of hydrogen-bond donors (Lipinski definition) is 1. The number of thiazole rings is 1. The molecule has 3 heterocycles. The van der Waals surface area contributed by atoms with Crippen LogP contribution in [0.2, 0.25) is 0 Å². The Morgan fingerprint density at radius 1 is 1.23 bits per heavy atom. The monoisotopic (exact) mass is 311 g/mol. The van der Waals surface area contributed by atoms with E-state index in [0.717, 1.165) is 15.9 Å². The van der Waals surface area contributed by atoms with Gasteiger partial charge in [-0.2, -0.15) is 5.10 Å². The zero-order valence-electron chi connectivity index (χ0n) is 11.6. The Kier molecular flexibility index (Phi) is 3.12. The van der Waals surface area contributed by atoms with Gasteiger partial charge in [0.2, 0.25) is 0 Å². The number of benzene rings is 1. The van der Waals surface area contributed by atoms with Crippen LogP contribution in [-0.4, -0.2) is 31.6 Å². The molecule has 0 aliphatic carbocycles. The molecule has 7 heteroatoms. The Labute approximate surface area is 130 Å². The number of hydrogen-bond acceptors (Lipinski definition) is 4. The quantitative estimate of drug-likeness (QED) is 0.628. The van der Waals surface area contributed by atoms with E-state index >= 15 is 0 Å². The smallest absolute Gasteiger partial charge is 0.280 e. The second kappa shape index (κ2) is 5.27. The summed E-state index contributed by atoms with van der Waals surface area (Å²) in [6.45, 7) is 1.24. The van der Waals surface area contributed by atoms with E-state index in [0.29, 0.717) is 18.1 Å². The molecule has 4 aromatic rings. The Bertz CT molecular complexity index is 918. The van der Waals surface area contributed by atoms with Crippen molar-refractivity contribution >= 4 is 33.1 Å². The number of rotatable bonds is 4. The molecule has 0 aliphatic rings. The molecule has 6 nitrogen and oxygen atoms in total. The maximum Gasteiger partial charge on any atom is 0.280 e. The molecular weight excluding hydrogens is 298 g/mol. The van der Waals surface area contributed by atoms with Crippen LogP contribution in [0.1, 0.15) is 9.80 Å². The fourth-order valence-electron chi connectivity index (χ4n) is 2.39. The van der Waals surface area contributed by atoms with E-state index in [1.807, 2.05) is 47.3 Å². The normalized spacial score (nSPS) is 11.3. The lowest BCUT2D eigenvalue weighted by molar-refractivity contribution is 0.0952. The third-order valence-electron chi connectivity index (χ3n) is 3.46. The number of aromatic nitrogens is 4. The van der Waals surface area contributed by atoms with Crippen molar-refractivity contribution in [1.29, 1.82) is 0 Å². The van der Waals surface area contributed by atoms with Gasteiger partial charge < -0.3 is 9.88 Å². The van der Waals surface area contributed by atoms with Crippen molar-refractivity contribution in [2.45, 2.75) is 6.54 Å². The van der Waals surface area contributed by atoms with E-state index < -0.39 is 0 Å². The lowest BCUT2D eigenvalue weighted by Crippen LogP contribution is -2.26. The van der Waals surface area contributed by atoms with Gasteiger partial charge in [0, 0.05) is 31.5 Å². The minimum absolute atomic E-state index is 0.127. The van der Waals surface area contributed by atoms with Crippen LogP contribution in [0.3, 0.4) is 0 Å². The molecular formula is C15H13N5OS. The van der Waals surface area contributed by atoms with E-state index in [1.54, 1.807) is 10.7 Å². The molecule has 22 heavy (non-hydrogen) atoms. The van der Waals surface area contributed by atoms with Crippen LogP contribution in [0.5, 0.6) is 0 Å². The van der Waals surface area contributed by atoms with Crippen LogP contribution >= 0.6 is 11.3 Å². The first-order valence-corrected chi connectivity index (χ1v) is 7.75. The zero-order chi connectivity index (χ0) is 14.9. The average molecular weight is 311 g/mol. The summed E-state index contributed by atoms with van der Waals surface area (Å²) in [5, 5.41) is 7.57. The van der Waals surface area contributed by atoms with Crippen molar-refractivity contribution in [2.24, 2.45) is 0 Å². The maximum atomic E-state index is 12.2. The van der Waals surface area contributed by atoms with Crippen molar-refractivity contribution in [3.63, 3.8) is 0 Å². The number of amides is 1. The van der Waals surface area contributed by atoms with Gasteiger partial charge in [0.05, 0.1) is 16.4 Å². The summed E-state index contributed by atoms with van der Waals surface area (Å²) in [5.74, 6) is -0.127. The fourth-order valence-corrected chi connectivity index (χ4v) is 3.28. The third kappa shape index (κ3) is 2.25. The Morgan fingerprint density at radius 3 is 3.05 bits per heavy atom. The van der Waals surface area contributed by atoms with Gasteiger partial charge in [0.25, 0.3) is 5.91 Å².